The van der Waals surface area contributed by atoms with Crippen molar-refractivity contribution in [3.8, 4) is 5.75 Å². The van der Waals surface area contributed by atoms with E-state index in [-0.39, 0.29) is 15.8 Å². The Balaban J connectivity index is 2.77. The summed E-state index contributed by atoms with van der Waals surface area (Å²) in [6, 6.07) is 3.99. The van der Waals surface area contributed by atoms with Crippen molar-refractivity contribution in [3.05, 3.63) is 28.2 Å². The molecule has 1 rings (SSSR count). The average molecular weight is 305 g/mol. The number of ether oxygens (including phenoxy) is 1. The third kappa shape index (κ3) is 4.89. The van der Waals surface area contributed by atoms with E-state index >= 15 is 0 Å². The molecular weight excluding hydrogens is 301 g/mol. The summed E-state index contributed by atoms with van der Waals surface area (Å²) in [7, 11) is 0.583. The minimum absolute atomic E-state index is 0.00434. The minimum atomic E-state index is -4.18. The summed E-state index contributed by atoms with van der Waals surface area (Å²) < 4.78 is 26.9. The second-order valence-electron chi connectivity index (χ2n) is 2.53. The first kappa shape index (κ1) is 13.4. The van der Waals surface area contributed by atoms with E-state index in [4.69, 9.17) is 33.9 Å². The van der Waals surface area contributed by atoms with E-state index in [0.717, 1.165) is 0 Å². The standard InChI is InChI=1S/C7H4Cl3NO4S/c8-4-1-5(9)3-6(2-4)15-7(12)11-16(10,13)14/h1-3H,(H,11,12). The molecule has 0 unspecified atom stereocenters. The zero-order valence-electron chi connectivity index (χ0n) is 7.41. The highest BCUT2D eigenvalue weighted by molar-refractivity contribution is 8.12. The number of amides is 1. The number of hydrogen-bond acceptors (Lipinski definition) is 4. The summed E-state index contributed by atoms with van der Waals surface area (Å²) in [6.45, 7) is 0. The van der Waals surface area contributed by atoms with Crippen molar-refractivity contribution in [2.24, 2.45) is 0 Å². The summed E-state index contributed by atoms with van der Waals surface area (Å²) in [5.74, 6) is -0.00434. The molecule has 0 atom stereocenters. The fraction of sp³-hybridized carbons (Fsp3) is 0. The van der Waals surface area contributed by atoms with Crippen molar-refractivity contribution in [1.29, 1.82) is 0 Å². The van der Waals surface area contributed by atoms with E-state index in [9.17, 15) is 13.2 Å². The molecule has 0 aliphatic rings. The fourth-order valence-corrected chi connectivity index (χ4v) is 1.75. The van der Waals surface area contributed by atoms with Gasteiger partial charge in [-0.25, -0.2) is 9.52 Å². The van der Waals surface area contributed by atoms with E-state index < -0.39 is 15.3 Å². The third-order valence-electron chi connectivity index (χ3n) is 1.25. The van der Waals surface area contributed by atoms with Gasteiger partial charge in [0.15, 0.2) is 0 Å². The normalized spacial score (nSPS) is 10.9. The van der Waals surface area contributed by atoms with Crippen molar-refractivity contribution >= 4 is 49.2 Å². The predicted molar refractivity (Wildman–Crippen MR) is 60.4 cm³/mol. The van der Waals surface area contributed by atoms with E-state index in [1.54, 1.807) is 0 Å². The van der Waals surface area contributed by atoms with Gasteiger partial charge in [0.25, 0.3) is 0 Å². The van der Waals surface area contributed by atoms with Crippen LogP contribution in [0.2, 0.25) is 10.0 Å². The van der Waals surface area contributed by atoms with Gasteiger partial charge in [0.2, 0.25) is 0 Å². The maximum absolute atomic E-state index is 11.0. The lowest BCUT2D eigenvalue weighted by Crippen LogP contribution is -2.29. The van der Waals surface area contributed by atoms with Gasteiger partial charge in [-0.3, -0.25) is 0 Å². The second kappa shape index (κ2) is 5.09. The average Bonchev–Trinajstić information content (AvgIpc) is 1.96. The number of nitrogens with one attached hydrogen (secondary N) is 1. The predicted octanol–water partition coefficient (Wildman–Crippen LogP) is 2.57. The topological polar surface area (TPSA) is 72.5 Å². The fourth-order valence-electron chi connectivity index (χ4n) is 0.815. The lowest BCUT2D eigenvalue weighted by molar-refractivity contribution is 0.207. The van der Waals surface area contributed by atoms with Gasteiger partial charge < -0.3 is 4.74 Å². The zero-order valence-corrected chi connectivity index (χ0v) is 10.5. The van der Waals surface area contributed by atoms with E-state index in [1.807, 2.05) is 0 Å². The number of carbonyl (C=O) groups is 1. The van der Waals surface area contributed by atoms with Crippen molar-refractivity contribution < 1.29 is 17.9 Å². The monoisotopic (exact) mass is 303 g/mol. The number of rotatable bonds is 2. The van der Waals surface area contributed by atoms with Crippen LogP contribution >= 0.6 is 33.9 Å². The molecule has 0 heterocycles. The summed E-state index contributed by atoms with van der Waals surface area (Å²) in [4.78, 5) is 11.0. The van der Waals surface area contributed by atoms with Gasteiger partial charge in [-0.15, -0.1) is 0 Å². The van der Waals surface area contributed by atoms with Crippen LogP contribution in [0.3, 0.4) is 0 Å². The molecular formula is C7H4Cl3NO4S. The molecule has 5 nitrogen and oxygen atoms in total. The van der Waals surface area contributed by atoms with Gasteiger partial charge in [-0.2, -0.15) is 8.42 Å². The Bertz CT molecular complexity index is 496. The molecule has 0 radical (unpaired) electrons. The molecule has 1 aromatic carbocycles. The van der Waals surface area contributed by atoms with Crippen LogP contribution < -0.4 is 9.46 Å². The molecule has 1 N–H and O–H groups in total. The molecule has 16 heavy (non-hydrogen) atoms. The van der Waals surface area contributed by atoms with E-state index in [1.165, 1.54) is 22.9 Å². The second-order valence-corrected chi connectivity index (χ2v) is 5.71. The Labute approximate surface area is 106 Å². The van der Waals surface area contributed by atoms with Gasteiger partial charge in [0.05, 0.1) is 0 Å². The van der Waals surface area contributed by atoms with Gasteiger partial charge in [-0.05, 0) is 18.2 Å². The number of halogens is 3. The Morgan fingerprint density at radius 1 is 1.19 bits per heavy atom. The molecule has 0 aromatic heterocycles. The first-order valence-electron chi connectivity index (χ1n) is 3.66. The molecule has 1 amide bonds. The smallest absolute Gasteiger partial charge is 0.410 e. The summed E-state index contributed by atoms with van der Waals surface area (Å²) in [5.41, 5.74) is 0. The Hall–Kier alpha value is -0.690. The molecule has 0 saturated heterocycles. The van der Waals surface area contributed by atoms with Crippen molar-refractivity contribution in [2.45, 2.75) is 0 Å². The third-order valence-corrected chi connectivity index (χ3v) is 2.33. The SMILES string of the molecule is O=C(NS(=O)(=O)Cl)Oc1cc(Cl)cc(Cl)c1. The summed E-state index contributed by atoms with van der Waals surface area (Å²) in [5, 5.41) is 0.480. The Morgan fingerprint density at radius 2 is 1.69 bits per heavy atom. The minimum Gasteiger partial charge on any atom is -0.410 e. The van der Waals surface area contributed by atoms with E-state index in [2.05, 4.69) is 4.74 Å². The van der Waals surface area contributed by atoms with Crippen LogP contribution in [0.25, 0.3) is 0 Å². The molecule has 0 bridgehead atoms. The van der Waals surface area contributed by atoms with Crippen LogP contribution in [0.5, 0.6) is 5.75 Å². The van der Waals surface area contributed by atoms with Gasteiger partial charge in [0.1, 0.15) is 5.75 Å². The van der Waals surface area contributed by atoms with Crippen molar-refractivity contribution in [3.63, 3.8) is 0 Å². The van der Waals surface area contributed by atoms with Crippen molar-refractivity contribution in [2.75, 3.05) is 0 Å². The molecule has 88 valence electrons. The summed E-state index contributed by atoms with van der Waals surface area (Å²) in [6.07, 6.45) is -1.26. The maximum Gasteiger partial charge on any atom is 0.427 e. The van der Waals surface area contributed by atoms with Crippen LogP contribution in [0, 0.1) is 0 Å². The van der Waals surface area contributed by atoms with Crippen LogP contribution in [0.4, 0.5) is 4.79 Å². The lowest BCUT2D eigenvalue weighted by atomic mass is 10.3. The molecule has 0 spiro atoms. The van der Waals surface area contributed by atoms with E-state index in [0.29, 0.717) is 0 Å². The lowest BCUT2D eigenvalue weighted by Gasteiger charge is -2.04. The molecule has 1 aromatic rings. The summed E-state index contributed by atoms with van der Waals surface area (Å²) >= 11 is 11.3. The quantitative estimate of drug-likeness (QED) is 0.852. The number of hydrogen-bond donors (Lipinski definition) is 1. The molecule has 0 aliphatic heterocycles. The Morgan fingerprint density at radius 3 is 2.12 bits per heavy atom. The molecule has 0 aliphatic carbocycles. The molecule has 0 fully saturated rings. The van der Waals surface area contributed by atoms with Crippen LogP contribution in [-0.4, -0.2) is 14.5 Å². The highest BCUT2D eigenvalue weighted by Crippen LogP contribution is 2.24. The number of benzene rings is 1. The zero-order chi connectivity index (χ0) is 12.3. The maximum atomic E-state index is 11.0. The highest BCUT2D eigenvalue weighted by Gasteiger charge is 2.13. The first-order chi connectivity index (χ1) is 7.26. The van der Waals surface area contributed by atoms with Gasteiger partial charge in [-0.1, -0.05) is 23.2 Å². The van der Waals surface area contributed by atoms with Crippen molar-refractivity contribution in [1.82, 2.24) is 4.72 Å². The van der Waals surface area contributed by atoms with Crippen LogP contribution in [-0.2, 0) is 9.24 Å². The van der Waals surface area contributed by atoms with Gasteiger partial charge in [0, 0.05) is 20.7 Å². The first-order valence-corrected chi connectivity index (χ1v) is 6.73. The molecule has 0 saturated carbocycles. The molecule has 9 heteroatoms. The number of carbonyl (C=O) groups excluding carboxylic acids is 1. The van der Waals surface area contributed by atoms with Crippen LogP contribution in [0.1, 0.15) is 0 Å². The highest BCUT2D eigenvalue weighted by atomic mass is 35.7. The van der Waals surface area contributed by atoms with Crippen LogP contribution in [0.15, 0.2) is 18.2 Å². The largest absolute Gasteiger partial charge is 0.427 e. The van der Waals surface area contributed by atoms with Gasteiger partial charge >= 0.3 is 15.3 Å². The Kier molecular flexibility index (Phi) is 4.26.